The first-order chi connectivity index (χ1) is 15.8. The Labute approximate surface area is 191 Å². The van der Waals surface area contributed by atoms with E-state index in [1.807, 2.05) is 32.0 Å². The summed E-state index contributed by atoms with van der Waals surface area (Å²) < 4.78 is 5.93. The maximum Gasteiger partial charge on any atom is 0.343 e. The van der Waals surface area contributed by atoms with Crippen LogP contribution in [0, 0.1) is 0 Å². The molecular formula is C27H22N2O4. The van der Waals surface area contributed by atoms with Gasteiger partial charge in [-0.3, -0.25) is 9.59 Å². The Morgan fingerprint density at radius 2 is 1.33 bits per heavy atom. The van der Waals surface area contributed by atoms with Crippen LogP contribution in [0.15, 0.2) is 84.4 Å². The Morgan fingerprint density at radius 1 is 0.788 bits per heavy atom. The summed E-state index contributed by atoms with van der Waals surface area (Å²) >= 11 is 0. The van der Waals surface area contributed by atoms with E-state index in [1.165, 1.54) is 0 Å². The monoisotopic (exact) mass is 438 g/mol. The number of amides is 4. The normalized spacial score (nSPS) is 17.2. The minimum atomic E-state index is -0.705. The fourth-order valence-corrected chi connectivity index (χ4v) is 4.23. The molecule has 3 aromatic rings. The number of nitrogens with zero attached hydrogens (tertiary/aromatic N) is 2. The van der Waals surface area contributed by atoms with Crippen molar-refractivity contribution in [3.8, 4) is 5.75 Å². The second-order valence-corrected chi connectivity index (χ2v) is 8.70. The van der Waals surface area contributed by atoms with E-state index in [0.717, 1.165) is 27.5 Å². The summed E-state index contributed by atoms with van der Waals surface area (Å²) in [7, 11) is 0. The summed E-state index contributed by atoms with van der Waals surface area (Å²) in [5.41, 5.74) is 2.13. The molecule has 0 atom stereocenters. The molecule has 1 fully saturated rings. The van der Waals surface area contributed by atoms with Gasteiger partial charge in [0.1, 0.15) is 16.9 Å². The van der Waals surface area contributed by atoms with Gasteiger partial charge in [-0.2, -0.15) is 0 Å². The van der Waals surface area contributed by atoms with Gasteiger partial charge in [-0.1, -0.05) is 42.5 Å². The molecule has 6 heteroatoms. The van der Waals surface area contributed by atoms with Gasteiger partial charge < -0.3 is 4.74 Å². The third-order valence-corrected chi connectivity index (χ3v) is 5.68. The van der Waals surface area contributed by atoms with Crippen LogP contribution in [0.25, 0.3) is 6.08 Å². The first-order valence-electron chi connectivity index (χ1n) is 10.7. The van der Waals surface area contributed by atoms with Crippen LogP contribution in [0.1, 0.15) is 25.0 Å². The molecule has 0 radical (unpaired) electrons. The molecule has 0 aromatic heterocycles. The lowest BCUT2D eigenvalue weighted by Gasteiger charge is -2.33. The summed E-state index contributed by atoms with van der Waals surface area (Å²) in [6.45, 7) is 4.03. The second-order valence-electron chi connectivity index (χ2n) is 8.70. The molecule has 0 spiro atoms. The van der Waals surface area contributed by atoms with Crippen LogP contribution < -0.4 is 14.5 Å². The SMILES string of the molecule is CC1(C)Cc2cc(C=C3C(=O)N(c4ccccc4)C(=O)N(c4ccccc4)C3=O)ccc2O1. The lowest BCUT2D eigenvalue weighted by Crippen LogP contribution is -2.57. The number of rotatable bonds is 3. The highest BCUT2D eigenvalue weighted by molar-refractivity contribution is 6.46. The quantitative estimate of drug-likeness (QED) is 0.427. The minimum absolute atomic E-state index is 0.0829. The zero-order valence-electron chi connectivity index (χ0n) is 18.3. The maximum absolute atomic E-state index is 13.4. The van der Waals surface area contributed by atoms with Gasteiger partial charge in [0, 0.05) is 6.42 Å². The van der Waals surface area contributed by atoms with Gasteiger partial charge in [-0.25, -0.2) is 14.6 Å². The third-order valence-electron chi connectivity index (χ3n) is 5.68. The lowest BCUT2D eigenvalue weighted by atomic mass is 9.98. The van der Waals surface area contributed by atoms with Gasteiger partial charge >= 0.3 is 6.03 Å². The number of carbonyl (C=O) groups is 3. The third kappa shape index (κ3) is 3.69. The van der Waals surface area contributed by atoms with Gasteiger partial charge in [-0.15, -0.1) is 0 Å². The summed E-state index contributed by atoms with van der Waals surface area (Å²) in [6, 6.07) is 22.1. The number of para-hydroxylation sites is 2. The first kappa shape index (κ1) is 20.7. The molecule has 5 rings (SSSR count). The largest absolute Gasteiger partial charge is 0.487 e. The Morgan fingerprint density at radius 3 is 1.88 bits per heavy atom. The van der Waals surface area contributed by atoms with Crippen molar-refractivity contribution in [2.24, 2.45) is 0 Å². The molecule has 2 aliphatic rings. The lowest BCUT2D eigenvalue weighted by molar-refractivity contribution is -0.121. The average Bonchev–Trinajstić information content (AvgIpc) is 3.11. The summed E-state index contributed by atoms with van der Waals surface area (Å²) in [4.78, 5) is 42.3. The molecule has 1 saturated heterocycles. The van der Waals surface area contributed by atoms with E-state index in [2.05, 4.69) is 0 Å². The Kier molecular flexibility index (Phi) is 4.86. The highest BCUT2D eigenvalue weighted by Crippen LogP contribution is 2.36. The average molecular weight is 438 g/mol. The predicted molar refractivity (Wildman–Crippen MR) is 126 cm³/mol. The van der Waals surface area contributed by atoms with E-state index >= 15 is 0 Å². The Bertz CT molecular complexity index is 1230. The van der Waals surface area contributed by atoms with E-state index in [9.17, 15) is 14.4 Å². The Hall–Kier alpha value is -4.19. The fourth-order valence-electron chi connectivity index (χ4n) is 4.23. The van der Waals surface area contributed by atoms with E-state index in [0.29, 0.717) is 16.9 Å². The number of urea groups is 1. The van der Waals surface area contributed by atoms with Crippen molar-refractivity contribution in [2.75, 3.05) is 9.80 Å². The van der Waals surface area contributed by atoms with Crippen molar-refractivity contribution in [2.45, 2.75) is 25.9 Å². The number of hydrogen-bond acceptors (Lipinski definition) is 4. The molecule has 0 aliphatic carbocycles. The van der Waals surface area contributed by atoms with Crippen LogP contribution in [-0.2, 0) is 16.0 Å². The minimum Gasteiger partial charge on any atom is -0.487 e. The van der Waals surface area contributed by atoms with E-state index in [1.54, 1.807) is 66.7 Å². The van der Waals surface area contributed by atoms with Crippen molar-refractivity contribution >= 4 is 35.3 Å². The van der Waals surface area contributed by atoms with Crippen molar-refractivity contribution in [3.05, 3.63) is 95.6 Å². The van der Waals surface area contributed by atoms with Gasteiger partial charge in [0.25, 0.3) is 11.8 Å². The van der Waals surface area contributed by atoms with Crippen molar-refractivity contribution in [1.82, 2.24) is 0 Å². The number of benzene rings is 3. The molecule has 0 N–H and O–H groups in total. The van der Waals surface area contributed by atoms with E-state index in [4.69, 9.17) is 4.74 Å². The highest BCUT2D eigenvalue weighted by Gasteiger charge is 2.43. The van der Waals surface area contributed by atoms with Crippen molar-refractivity contribution in [1.29, 1.82) is 0 Å². The zero-order chi connectivity index (χ0) is 23.2. The van der Waals surface area contributed by atoms with Gasteiger partial charge in [0.15, 0.2) is 0 Å². The smallest absolute Gasteiger partial charge is 0.343 e. The van der Waals surface area contributed by atoms with Crippen LogP contribution >= 0.6 is 0 Å². The molecular weight excluding hydrogens is 416 g/mol. The van der Waals surface area contributed by atoms with Crippen LogP contribution in [0.4, 0.5) is 16.2 Å². The van der Waals surface area contributed by atoms with Gasteiger partial charge in [-0.05, 0) is 67.4 Å². The topological polar surface area (TPSA) is 66.9 Å². The Balaban J connectivity index is 1.61. The molecule has 2 heterocycles. The molecule has 0 bridgehead atoms. The van der Waals surface area contributed by atoms with Crippen molar-refractivity contribution < 1.29 is 19.1 Å². The van der Waals surface area contributed by atoms with Gasteiger partial charge in [0.2, 0.25) is 0 Å². The van der Waals surface area contributed by atoms with Crippen LogP contribution in [0.2, 0.25) is 0 Å². The predicted octanol–water partition coefficient (Wildman–Crippen LogP) is 4.98. The number of carbonyl (C=O) groups excluding carboxylic acids is 3. The second kappa shape index (κ2) is 7.74. The number of imide groups is 2. The number of hydrogen-bond donors (Lipinski definition) is 0. The number of barbiturate groups is 1. The van der Waals surface area contributed by atoms with E-state index in [-0.39, 0.29) is 11.2 Å². The molecule has 3 aromatic carbocycles. The molecule has 6 nitrogen and oxygen atoms in total. The van der Waals surface area contributed by atoms with Gasteiger partial charge in [0.05, 0.1) is 11.4 Å². The molecule has 164 valence electrons. The van der Waals surface area contributed by atoms with Crippen LogP contribution in [0.3, 0.4) is 0 Å². The summed E-state index contributed by atoms with van der Waals surface area (Å²) in [5.74, 6) is -0.503. The molecule has 33 heavy (non-hydrogen) atoms. The first-order valence-corrected chi connectivity index (χ1v) is 10.7. The summed E-state index contributed by atoms with van der Waals surface area (Å²) in [6.07, 6.45) is 2.28. The van der Waals surface area contributed by atoms with Crippen molar-refractivity contribution in [3.63, 3.8) is 0 Å². The molecule has 2 aliphatic heterocycles. The zero-order valence-corrected chi connectivity index (χ0v) is 18.3. The standard InChI is InChI=1S/C27H22N2O4/c1-27(2)17-19-15-18(13-14-23(19)33-27)16-22-24(30)28(20-9-5-3-6-10-20)26(32)29(25(22)31)21-11-7-4-8-12-21/h3-16H,17H2,1-2H3. The highest BCUT2D eigenvalue weighted by atomic mass is 16.5. The van der Waals surface area contributed by atoms with E-state index < -0.39 is 17.8 Å². The van der Waals surface area contributed by atoms with Crippen LogP contribution in [0.5, 0.6) is 5.75 Å². The number of anilines is 2. The number of fused-ring (bicyclic) bond motifs is 1. The molecule has 0 unspecified atom stereocenters. The number of ether oxygens (including phenoxy) is 1. The van der Waals surface area contributed by atoms with Crippen LogP contribution in [-0.4, -0.2) is 23.4 Å². The molecule has 0 saturated carbocycles. The maximum atomic E-state index is 13.4. The summed E-state index contributed by atoms with van der Waals surface area (Å²) in [5, 5.41) is 0. The fraction of sp³-hybridized carbons (Fsp3) is 0.148. The molecule has 4 amide bonds.